The molecule has 0 spiro atoms. The smallest absolute Gasteiger partial charge is 0.164 e. The summed E-state index contributed by atoms with van der Waals surface area (Å²) in [6, 6.07) is 4.32. The molecule has 3 nitrogen and oxygen atoms in total. The van der Waals surface area contributed by atoms with Crippen molar-refractivity contribution in [3.63, 3.8) is 0 Å². The molecular weight excluding hydrogens is 248 g/mol. The maximum atomic E-state index is 14.0. The lowest BCUT2D eigenvalue weighted by Crippen LogP contribution is -2.21. The van der Waals surface area contributed by atoms with Crippen LogP contribution in [-0.4, -0.2) is 17.0 Å². The van der Waals surface area contributed by atoms with Gasteiger partial charge in [-0.25, -0.2) is 18.7 Å². The quantitative estimate of drug-likeness (QED) is 0.925. The van der Waals surface area contributed by atoms with Crippen LogP contribution in [0.2, 0.25) is 0 Å². The molecule has 1 aromatic heterocycles. The Morgan fingerprint density at radius 2 is 1.84 bits per heavy atom. The Labute approximate surface area is 110 Å². The van der Waals surface area contributed by atoms with Crippen LogP contribution in [0.3, 0.4) is 0 Å². The zero-order valence-electron chi connectivity index (χ0n) is 11.0. The average molecular weight is 263 g/mol. The monoisotopic (exact) mass is 263 g/mol. The topological polar surface area (TPSA) is 37.8 Å². The summed E-state index contributed by atoms with van der Waals surface area (Å²) < 4.78 is 27.7. The number of hydrogen-bond acceptors (Lipinski definition) is 3. The van der Waals surface area contributed by atoms with Gasteiger partial charge >= 0.3 is 0 Å². The highest BCUT2D eigenvalue weighted by Crippen LogP contribution is 2.25. The Morgan fingerprint density at radius 3 is 2.47 bits per heavy atom. The minimum Gasteiger partial charge on any atom is -0.308 e. The summed E-state index contributed by atoms with van der Waals surface area (Å²) in [5.74, 6) is -1.06. The van der Waals surface area contributed by atoms with Gasteiger partial charge in [-0.05, 0) is 32.5 Å². The molecule has 0 aliphatic heterocycles. The zero-order chi connectivity index (χ0) is 14.0. The van der Waals surface area contributed by atoms with Gasteiger partial charge in [0.2, 0.25) is 0 Å². The average Bonchev–Trinajstić information content (AvgIpc) is 2.40. The molecular formula is C14H15F2N3. The molecule has 0 saturated carbocycles. The van der Waals surface area contributed by atoms with Crippen LogP contribution in [0.5, 0.6) is 0 Å². The zero-order valence-corrected chi connectivity index (χ0v) is 11.0. The van der Waals surface area contributed by atoms with Gasteiger partial charge in [0.25, 0.3) is 0 Å². The summed E-state index contributed by atoms with van der Waals surface area (Å²) in [7, 11) is 1.68. The highest BCUT2D eigenvalue weighted by molar-refractivity contribution is 5.32. The van der Waals surface area contributed by atoms with E-state index in [1.807, 2.05) is 0 Å². The van der Waals surface area contributed by atoms with Crippen LogP contribution in [0, 0.1) is 25.5 Å². The molecule has 5 heteroatoms. The summed E-state index contributed by atoms with van der Waals surface area (Å²) in [5, 5.41) is 2.95. The minimum absolute atomic E-state index is 0.240. The lowest BCUT2D eigenvalue weighted by Gasteiger charge is -2.17. The van der Waals surface area contributed by atoms with Crippen LogP contribution < -0.4 is 5.32 Å². The molecule has 1 heterocycles. The molecule has 0 aliphatic carbocycles. The van der Waals surface area contributed by atoms with Gasteiger partial charge in [-0.2, -0.15) is 0 Å². The second-order valence-electron chi connectivity index (χ2n) is 4.35. The second kappa shape index (κ2) is 5.40. The van der Waals surface area contributed by atoms with Crippen LogP contribution in [0.1, 0.15) is 28.7 Å². The maximum absolute atomic E-state index is 14.0. The molecule has 1 N–H and O–H groups in total. The van der Waals surface area contributed by atoms with Gasteiger partial charge in [-0.3, -0.25) is 0 Å². The number of nitrogens with one attached hydrogen (secondary N) is 1. The highest BCUT2D eigenvalue weighted by atomic mass is 19.2. The normalized spacial score (nSPS) is 12.5. The molecule has 0 radical (unpaired) electrons. The van der Waals surface area contributed by atoms with Crippen molar-refractivity contribution in [2.45, 2.75) is 19.9 Å². The number of hydrogen-bond donors (Lipinski definition) is 1. The highest BCUT2D eigenvalue weighted by Gasteiger charge is 2.21. The summed E-state index contributed by atoms with van der Waals surface area (Å²) in [5.41, 5.74) is 1.14. The molecule has 2 rings (SSSR count). The number of rotatable bonds is 3. The van der Waals surface area contributed by atoms with Gasteiger partial charge < -0.3 is 5.32 Å². The molecule has 1 atom stereocenters. The fraction of sp³-hybridized carbons (Fsp3) is 0.286. The summed E-state index contributed by atoms with van der Waals surface area (Å²) in [6.07, 6.45) is 1.60. The van der Waals surface area contributed by atoms with E-state index in [0.29, 0.717) is 11.5 Å². The largest absolute Gasteiger partial charge is 0.308 e. The van der Waals surface area contributed by atoms with E-state index in [2.05, 4.69) is 15.3 Å². The molecule has 19 heavy (non-hydrogen) atoms. The Morgan fingerprint density at radius 1 is 1.11 bits per heavy atom. The lowest BCUT2D eigenvalue weighted by atomic mass is 10.0. The van der Waals surface area contributed by atoms with E-state index in [0.717, 1.165) is 0 Å². The van der Waals surface area contributed by atoms with Crippen molar-refractivity contribution in [1.29, 1.82) is 0 Å². The van der Waals surface area contributed by atoms with Crippen LogP contribution in [0.25, 0.3) is 0 Å². The number of aromatic nitrogens is 2. The number of aryl methyl sites for hydroxylation is 2. The lowest BCUT2D eigenvalue weighted by molar-refractivity contribution is 0.481. The van der Waals surface area contributed by atoms with Crippen LogP contribution in [-0.2, 0) is 0 Å². The van der Waals surface area contributed by atoms with Crippen LogP contribution in [0.4, 0.5) is 8.78 Å². The fourth-order valence-corrected chi connectivity index (χ4v) is 1.98. The minimum atomic E-state index is -0.837. The molecule has 0 bridgehead atoms. The van der Waals surface area contributed by atoms with Gasteiger partial charge in [0, 0.05) is 11.8 Å². The first kappa shape index (κ1) is 13.5. The van der Waals surface area contributed by atoms with Gasteiger partial charge in [0.05, 0.1) is 11.7 Å². The van der Waals surface area contributed by atoms with Crippen molar-refractivity contribution in [2.75, 3.05) is 7.05 Å². The third-order valence-electron chi connectivity index (χ3n) is 3.00. The Hall–Kier alpha value is -1.88. The van der Waals surface area contributed by atoms with E-state index in [9.17, 15) is 8.78 Å². The van der Waals surface area contributed by atoms with Gasteiger partial charge in [-0.15, -0.1) is 0 Å². The van der Waals surface area contributed by atoms with Crippen molar-refractivity contribution >= 4 is 0 Å². The molecule has 0 fully saturated rings. The van der Waals surface area contributed by atoms with E-state index < -0.39 is 17.7 Å². The second-order valence-corrected chi connectivity index (χ2v) is 4.35. The van der Waals surface area contributed by atoms with E-state index in [1.54, 1.807) is 38.4 Å². The first-order valence-corrected chi connectivity index (χ1v) is 5.96. The van der Waals surface area contributed by atoms with E-state index >= 15 is 0 Å². The van der Waals surface area contributed by atoms with Crippen LogP contribution >= 0.6 is 0 Å². The van der Waals surface area contributed by atoms with Crippen molar-refractivity contribution in [3.05, 3.63) is 58.7 Å². The van der Waals surface area contributed by atoms with Crippen LogP contribution in [0.15, 0.2) is 24.4 Å². The molecule has 0 amide bonds. The van der Waals surface area contributed by atoms with E-state index in [-0.39, 0.29) is 11.1 Å². The predicted molar refractivity (Wildman–Crippen MR) is 68.8 cm³/mol. The van der Waals surface area contributed by atoms with E-state index in [1.165, 1.54) is 6.92 Å². The molecule has 1 aromatic carbocycles. The number of nitrogens with zero attached hydrogens (tertiary/aromatic N) is 2. The standard InChI is InChI=1S/C14H15F2N3/c1-8-4-5-10(13(16)12(8)15)14(17-3)11-6-7-18-9(2)19-11/h4-7,14,17H,1-3H3. The van der Waals surface area contributed by atoms with Crippen molar-refractivity contribution in [1.82, 2.24) is 15.3 Å². The third-order valence-corrected chi connectivity index (χ3v) is 3.00. The molecule has 0 saturated heterocycles. The first-order valence-electron chi connectivity index (χ1n) is 5.96. The van der Waals surface area contributed by atoms with E-state index in [4.69, 9.17) is 0 Å². The predicted octanol–water partition coefficient (Wildman–Crippen LogP) is 2.68. The van der Waals surface area contributed by atoms with Crippen molar-refractivity contribution in [3.8, 4) is 0 Å². The molecule has 1 unspecified atom stereocenters. The fourth-order valence-electron chi connectivity index (χ4n) is 1.98. The SMILES string of the molecule is CNC(c1ccnc(C)n1)c1ccc(C)c(F)c1F. The van der Waals surface area contributed by atoms with Gasteiger partial charge in [-0.1, -0.05) is 12.1 Å². The van der Waals surface area contributed by atoms with Gasteiger partial charge in [0.1, 0.15) is 5.82 Å². The Kier molecular flexibility index (Phi) is 3.85. The van der Waals surface area contributed by atoms with Crippen molar-refractivity contribution in [2.24, 2.45) is 0 Å². The number of benzene rings is 1. The third kappa shape index (κ3) is 2.61. The molecule has 100 valence electrons. The Bertz CT molecular complexity index is 599. The first-order chi connectivity index (χ1) is 9.04. The summed E-state index contributed by atoms with van der Waals surface area (Å²) in [6.45, 7) is 3.29. The summed E-state index contributed by atoms with van der Waals surface area (Å²) >= 11 is 0. The number of halogens is 2. The summed E-state index contributed by atoms with van der Waals surface area (Å²) in [4.78, 5) is 8.25. The van der Waals surface area contributed by atoms with Gasteiger partial charge in [0.15, 0.2) is 11.6 Å². The maximum Gasteiger partial charge on any atom is 0.164 e. The molecule has 0 aliphatic rings. The molecule has 2 aromatic rings. The Balaban J connectivity index is 2.51. The van der Waals surface area contributed by atoms with Crippen molar-refractivity contribution < 1.29 is 8.78 Å².